The van der Waals surface area contributed by atoms with Crippen LogP contribution < -0.4 is 5.32 Å². The van der Waals surface area contributed by atoms with E-state index in [1.54, 1.807) is 17.5 Å². The highest BCUT2D eigenvalue weighted by molar-refractivity contribution is 7.91. The smallest absolute Gasteiger partial charge is 0.253 e. The fourth-order valence-electron chi connectivity index (χ4n) is 2.93. The average Bonchev–Trinajstić information content (AvgIpc) is 3.33. The first-order valence-corrected chi connectivity index (χ1v) is 10.9. The van der Waals surface area contributed by atoms with E-state index in [4.69, 9.17) is 0 Å². The van der Waals surface area contributed by atoms with Crippen molar-refractivity contribution in [1.29, 1.82) is 0 Å². The SMILES string of the molecule is O=C(Nc1nc2ccccc2s1)C1CCCN1S(=O)(=O)c1cccs1. The van der Waals surface area contributed by atoms with Gasteiger partial charge >= 0.3 is 0 Å². The molecule has 1 unspecified atom stereocenters. The van der Waals surface area contributed by atoms with Crippen molar-refractivity contribution in [2.45, 2.75) is 23.1 Å². The molecule has 1 aromatic carbocycles. The molecule has 0 aliphatic carbocycles. The average molecular weight is 394 g/mol. The van der Waals surface area contributed by atoms with Crippen molar-refractivity contribution in [1.82, 2.24) is 9.29 Å². The van der Waals surface area contributed by atoms with Crippen LogP contribution in [0.2, 0.25) is 0 Å². The van der Waals surface area contributed by atoms with E-state index >= 15 is 0 Å². The molecule has 3 heterocycles. The van der Waals surface area contributed by atoms with Crippen molar-refractivity contribution in [2.24, 2.45) is 0 Å². The van der Waals surface area contributed by atoms with E-state index in [2.05, 4.69) is 10.3 Å². The summed E-state index contributed by atoms with van der Waals surface area (Å²) in [6.45, 7) is 0.359. The minimum atomic E-state index is -3.63. The van der Waals surface area contributed by atoms with Gasteiger partial charge in [0.15, 0.2) is 5.13 Å². The summed E-state index contributed by atoms with van der Waals surface area (Å²) in [5.41, 5.74) is 0.817. The molecule has 9 heteroatoms. The van der Waals surface area contributed by atoms with Gasteiger partial charge in [-0.3, -0.25) is 4.79 Å². The van der Waals surface area contributed by atoms with Crippen LogP contribution in [0.15, 0.2) is 46.0 Å². The Labute approximate surface area is 153 Å². The van der Waals surface area contributed by atoms with Gasteiger partial charge < -0.3 is 5.32 Å². The Morgan fingerprint density at radius 3 is 2.84 bits per heavy atom. The van der Waals surface area contributed by atoms with Gasteiger partial charge in [0.25, 0.3) is 10.0 Å². The third-order valence-electron chi connectivity index (χ3n) is 4.09. The maximum atomic E-state index is 12.7. The zero-order valence-electron chi connectivity index (χ0n) is 13.1. The molecule has 0 bridgehead atoms. The van der Waals surface area contributed by atoms with E-state index < -0.39 is 16.1 Å². The van der Waals surface area contributed by atoms with Crippen LogP contribution in [0.5, 0.6) is 0 Å². The highest BCUT2D eigenvalue weighted by Gasteiger charge is 2.40. The highest BCUT2D eigenvalue weighted by atomic mass is 32.2. The number of carbonyl (C=O) groups is 1. The van der Waals surface area contributed by atoms with Crippen LogP contribution in [0.4, 0.5) is 5.13 Å². The minimum Gasteiger partial charge on any atom is -0.301 e. The molecule has 130 valence electrons. The summed E-state index contributed by atoms with van der Waals surface area (Å²) < 4.78 is 28.1. The maximum absolute atomic E-state index is 12.7. The van der Waals surface area contributed by atoms with Crippen LogP contribution in [0.3, 0.4) is 0 Å². The molecule has 25 heavy (non-hydrogen) atoms. The molecule has 1 atom stereocenters. The largest absolute Gasteiger partial charge is 0.301 e. The van der Waals surface area contributed by atoms with Crippen LogP contribution in [0.1, 0.15) is 12.8 Å². The van der Waals surface area contributed by atoms with Crippen molar-refractivity contribution in [3.8, 4) is 0 Å². The van der Waals surface area contributed by atoms with E-state index in [-0.39, 0.29) is 10.1 Å². The van der Waals surface area contributed by atoms with Crippen molar-refractivity contribution < 1.29 is 13.2 Å². The van der Waals surface area contributed by atoms with Gasteiger partial charge in [-0.15, -0.1) is 11.3 Å². The summed E-state index contributed by atoms with van der Waals surface area (Å²) in [5, 5.41) is 5.00. The lowest BCUT2D eigenvalue weighted by molar-refractivity contribution is -0.119. The molecule has 0 spiro atoms. The number of hydrogen-bond donors (Lipinski definition) is 1. The molecule has 1 fully saturated rings. The summed E-state index contributed by atoms with van der Waals surface area (Å²) in [5.74, 6) is -0.323. The molecule has 3 aromatic rings. The van der Waals surface area contributed by atoms with Gasteiger partial charge in [0.05, 0.1) is 10.2 Å². The monoisotopic (exact) mass is 393 g/mol. The number of benzene rings is 1. The van der Waals surface area contributed by atoms with Gasteiger partial charge in [-0.1, -0.05) is 29.5 Å². The van der Waals surface area contributed by atoms with Gasteiger partial charge in [-0.05, 0) is 36.4 Å². The number of thiophene rings is 1. The first-order valence-electron chi connectivity index (χ1n) is 7.77. The standard InChI is InChI=1S/C16H15N3O3S3/c20-15(18-16-17-11-5-1-2-7-13(11)24-16)12-6-3-9-19(12)25(21,22)14-8-4-10-23-14/h1-2,4-5,7-8,10,12H,3,6,9H2,(H,17,18,20). The second kappa shape index (κ2) is 6.49. The van der Waals surface area contributed by atoms with Crippen molar-refractivity contribution >= 4 is 54.0 Å². The van der Waals surface area contributed by atoms with Crippen LogP contribution >= 0.6 is 22.7 Å². The molecule has 6 nitrogen and oxygen atoms in total. The zero-order chi connectivity index (χ0) is 17.4. The molecule has 1 saturated heterocycles. The first kappa shape index (κ1) is 16.6. The topological polar surface area (TPSA) is 79.4 Å². The quantitative estimate of drug-likeness (QED) is 0.738. The van der Waals surface area contributed by atoms with Gasteiger partial charge in [0.1, 0.15) is 10.3 Å². The molecule has 1 aliphatic heterocycles. The van der Waals surface area contributed by atoms with Crippen LogP contribution in [0, 0.1) is 0 Å². The summed E-state index contributed by atoms with van der Waals surface area (Å²) in [6.07, 6.45) is 1.18. The molecule has 2 aromatic heterocycles. The minimum absolute atomic E-state index is 0.271. The van der Waals surface area contributed by atoms with E-state index in [1.165, 1.54) is 27.0 Å². The summed E-state index contributed by atoms with van der Waals surface area (Å²) in [4.78, 5) is 17.1. The van der Waals surface area contributed by atoms with Gasteiger partial charge in [-0.2, -0.15) is 4.31 Å². The number of fused-ring (bicyclic) bond motifs is 1. The Morgan fingerprint density at radius 1 is 1.24 bits per heavy atom. The molecular weight excluding hydrogens is 378 g/mol. The Bertz CT molecular complexity index is 979. The van der Waals surface area contributed by atoms with Crippen molar-refractivity contribution in [2.75, 3.05) is 11.9 Å². The van der Waals surface area contributed by atoms with E-state index in [1.807, 2.05) is 24.3 Å². The Hall–Kier alpha value is -1.81. The third kappa shape index (κ3) is 3.08. The molecule has 1 N–H and O–H groups in total. The van der Waals surface area contributed by atoms with E-state index in [0.717, 1.165) is 10.2 Å². The molecule has 0 radical (unpaired) electrons. The maximum Gasteiger partial charge on any atom is 0.253 e. The van der Waals surface area contributed by atoms with Gasteiger partial charge in [0.2, 0.25) is 5.91 Å². The first-order chi connectivity index (χ1) is 12.1. The fraction of sp³-hybridized carbons (Fsp3) is 0.250. The number of anilines is 1. The van der Waals surface area contributed by atoms with Crippen molar-refractivity contribution in [3.05, 3.63) is 41.8 Å². The number of amides is 1. The van der Waals surface area contributed by atoms with Gasteiger partial charge in [0, 0.05) is 6.54 Å². The fourth-order valence-corrected chi connectivity index (χ4v) is 6.57. The Morgan fingerprint density at radius 2 is 2.08 bits per heavy atom. The van der Waals surface area contributed by atoms with Crippen LogP contribution in [-0.4, -0.2) is 36.2 Å². The Balaban J connectivity index is 1.56. The normalized spacial score (nSPS) is 18.6. The van der Waals surface area contributed by atoms with Crippen molar-refractivity contribution in [3.63, 3.8) is 0 Å². The van der Waals surface area contributed by atoms with Crippen LogP contribution in [-0.2, 0) is 14.8 Å². The number of carbonyl (C=O) groups excluding carboxylic acids is 1. The summed E-state index contributed by atoms with van der Waals surface area (Å²) in [7, 11) is -3.63. The molecule has 1 amide bonds. The number of para-hydroxylation sites is 1. The lowest BCUT2D eigenvalue weighted by Crippen LogP contribution is -2.42. The Kier molecular flexibility index (Phi) is 4.32. The van der Waals surface area contributed by atoms with Crippen LogP contribution in [0.25, 0.3) is 10.2 Å². The second-order valence-electron chi connectivity index (χ2n) is 5.68. The van der Waals surface area contributed by atoms with E-state index in [9.17, 15) is 13.2 Å². The lowest BCUT2D eigenvalue weighted by atomic mass is 10.2. The number of sulfonamides is 1. The predicted molar refractivity (Wildman–Crippen MR) is 99.5 cm³/mol. The number of aromatic nitrogens is 1. The van der Waals surface area contributed by atoms with Gasteiger partial charge in [-0.25, -0.2) is 13.4 Å². The molecule has 4 rings (SSSR count). The summed E-state index contributed by atoms with van der Waals surface area (Å²) in [6, 6.07) is 10.2. The number of hydrogen-bond acceptors (Lipinski definition) is 6. The lowest BCUT2D eigenvalue weighted by Gasteiger charge is -2.22. The molecular formula is C16H15N3O3S3. The number of thiazole rings is 1. The third-order valence-corrected chi connectivity index (χ3v) is 8.32. The number of nitrogens with one attached hydrogen (secondary N) is 1. The number of rotatable bonds is 4. The predicted octanol–water partition coefficient (Wildman–Crippen LogP) is 3.15. The summed E-state index contributed by atoms with van der Waals surface area (Å²) >= 11 is 2.55. The number of nitrogens with zero attached hydrogens (tertiary/aromatic N) is 2. The molecule has 1 aliphatic rings. The highest BCUT2D eigenvalue weighted by Crippen LogP contribution is 2.30. The van der Waals surface area contributed by atoms with E-state index in [0.29, 0.717) is 24.5 Å². The molecule has 0 saturated carbocycles. The second-order valence-corrected chi connectivity index (χ2v) is 9.78. The zero-order valence-corrected chi connectivity index (χ0v) is 15.5.